The van der Waals surface area contributed by atoms with Crippen LogP contribution < -0.4 is 10.6 Å². The van der Waals surface area contributed by atoms with Gasteiger partial charge in [0.2, 0.25) is 5.91 Å². The van der Waals surface area contributed by atoms with Gasteiger partial charge in [-0.3, -0.25) is 9.59 Å². The summed E-state index contributed by atoms with van der Waals surface area (Å²) in [6.07, 6.45) is 0. The lowest BCUT2D eigenvalue weighted by atomic mass is 10.1. The van der Waals surface area contributed by atoms with Crippen molar-refractivity contribution < 1.29 is 14.3 Å². The molecule has 2 amide bonds. The Hall–Kier alpha value is -2.96. The largest absolute Gasteiger partial charge is 0.372 e. The fourth-order valence-electron chi connectivity index (χ4n) is 2.69. The zero-order valence-electron chi connectivity index (χ0n) is 16.3. The molecule has 0 aliphatic carbocycles. The van der Waals surface area contributed by atoms with Gasteiger partial charge in [-0.25, -0.2) is 0 Å². The topological polar surface area (TPSA) is 67.4 Å². The third-order valence-electron chi connectivity index (χ3n) is 4.25. The SMILES string of the molecule is CC(=O)NCc1ccc(C(=O)NCc2ccc(COCc3ccccc3)cc2)s1. The fourth-order valence-corrected chi connectivity index (χ4v) is 3.55. The third-order valence-corrected chi connectivity index (χ3v) is 5.34. The van der Waals surface area contributed by atoms with Crippen LogP contribution in [0.3, 0.4) is 0 Å². The van der Waals surface area contributed by atoms with Crippen LogP contribution in [0.4, 0.5) is 0 Å². The fraction of sp³-hybridized carbons (Fsp3) is 0.217. The van der Waals surface area contributed by atoms with Gasteiger partial charge in [0, 0.05) is 18.3 Å². The second kappa shape index (κ2) is 10.5. The van der Waals surface area contributed by atoms with Crippen LogP contribution in [0.2, 0.25) is 0 Å². The van der Waals surface area contributed by atoms with Crippen molar-refractivity contribution in [1.29, 1.82) is 0 Å². The molecular weight excluding hydrogens is 384 g/mol. The average molecular weight is 409 g/mol. The smallest absolute Gasteiger partial charge is 0.261 e. The van der Waals surface area contributed by atoms with Crippen LogP contribution in [0.25, 0.3) is 0 Å². The van der Waals surface area contributed by atoms with Gasteiger partial charge in [0.25, 0.3) is 5.91 Å². The van der Waals surface area contributed by atoms with E-state index in [-0.39, 0.29) is 11.8 Å². The Bertz CT molecular complexity index is 936. The van der Waals surface area contributed by atoms with Crippen molar-refractivity contribution in [3.8, 4) is 0 Å². The van der Waals surface area contributed by atoms with Gasteiger partial charge in [0.05, 0.1) is 24.6 Å². The molecule has 0 unspecified atom stereocenters. The Morgan fingerprint density at radius 1 is 0.793 bits per heavy atom. The van der Waals surface area contributed by atoms with Gasteiger partial charge in [-0.05, 0) is 28.8 Å². The van der Waals surface area contributed by atoms with E-state index in [9.17, 15) is 9.59 Å². The van der Waals surface area contributed by atoms with E-state index in [1.165, 1.54) is 18.3 Å². The van der Waals surface area contributed by atoms with Gasteiger partial charge in [0.1, 0.15) is 0 Å². The van der Waals surface area contributed by atoms with E-state index >= 15 is 0 Å². The number of benzene rings is 2. The number of nitrogens with one attached hydrogen (secondary N) is 2. The molecule has 0 radical (unpaired) electrons. The first-order valence-electron chi connectivity index (χ1n) is 9.41. The molecule has 2 aromatic carbocycles. The van der Waals surface area contributed by atoms with Crippen molar-refractivity contribution in [3.05, 3.63) is 93.2 Å². The molecule has 0 saturated heterocycles. The number of carbonyl (C=O) groups excluding carboxylic acids is 2. The van der Waals surface area contributed by atoms with E-state index in [0.29, 0.717) is 31.2 Å². The van der Waals surface area contributed by atoms with Crippen molar-refractivity contribution in [1.82, 2.24) is 10.6 Å². The Balaban J connectivity index is 1.42. The summed E-state index contributed by atoms with van der Waals surface area (Å²) in [6.45, 7) is 3.52. The number of amides is 2. The Morgan fingerprint density at radius 3 is 2.14 bits per heavy atom. The minimum atomic E-state index is -0.112. The van der Waals surface area contributed by atoms with Crippen LogP contribution in [-0.4, -0.2) is 11.8 Å². The van der Waals surface area contributed by atoms with Crippen molar-refractivity contribution in [2.45, 2.75) is 33.2 Å². The predicted molar refractivity (Wildman–Crippen MR) is 114 cm³/mol. The van der Waals surface area contributed by atoms with E-state index in [4.69, 9.17) is 4.74 Å². The molecule has 0 spiro atoms. The number of carbonyl (C=O) groups is 2. The highest BCUT2D eigenvalue weighted by Crippen LogP contribution is 2.16. The molecule has 3 rings (SSSR count). The normalized spacial score (nSPS) is 10.5. The number of hydrogen-bond donors (Lipinski definition) is 2. The summed E-state index contributed by atoms with van der Waals surface area (Å²) in [4.78, 5) is 24.9. The predicted octanol–water partition coefficient (Wildman–Crippen LogP) is 4.03. The monoisotopic (exact) mass is 408 g/mol. The molecule has 150 valence electrons. The summed E-state index contributed by atoms with van der Waals surface area (Å²) in [5.41, 5.74) is 3.28. The molecule has 1 aromatic heterocycles. The van der Waals surface area contributed by atoms with E-state index in [1.54, 1.807) is 6.07 Å². The van der Waals surface area contributed by atoms with E-state index in [0.717, 1.165) is 21.6 Å². The third kappa shape index (κ3) is 6.85. The van der Waals surface area contributed by atoms with Crippen LogP contribution in [-0.2, 0) is 35.8 Å². The standard InChI is InChI=1S/C23H24N2O3S/c1-17(26)24-14-21-11-12-22(29-21)23(27)25-13-18-7-9-20(10-8-18)16-28-15-19-5-3-2-4-6-19/h2-12H,13-16H2,1H3,(H,24,26)(H,25,27). The Morgan fingerprint density at radius 2 is 1.45 bits per heavy atom. The summed E-state index contributed by atoms with van der Waals surface area (Å²) in [7, 11) is 0. The minimum absolute atomic E-state index is 0.0849. The maximum absolute atomic E-state index is 12.3. The molecule has 6 heteroatoms. The zero-order chi connectivity index (χ0) is 20.5. The zero-order valence-corrected chi connectivity index (χ0v) is 17.1. The quantitative estimate of drug-likeness (QED) is 0.562. The van der Waals surface area contributed by atoms with Gasteiger partial charge in [-0.1, -0.05) is 54.6 Å². The first kappa shape index (κ1) is 20.8. The lowest BCUT2D eigenvalue weighted by Gasteiger charge is -2.07. The molecule has 0 fully saturated rings. The number of hydrogen-bond acceptors (Lipinski definition) is 4. The molecule has 2 N–H and O–H groups in total. The minimum Gasteiger partial charge on any atom is -0.372 e. The molecular formula is C23H24N2O3S. The maximum atomic E-state index is 12.3. The molecule has 5 nitrogen and oxygen atoms in total. The summed E-state index contributed by atoms with van der Waals surface area (Å²) in [5, 5.41) is 5.66. The number of rotatable bonds is 9. The van der Waals surface area contributed by atoms with Crippen LogP contribution >= 0.6 is 11.3 Å². The van der Waals surface area contributed by atoms with E-state index < -0.39 is 0 Å². The first-order valence-corrected chi connectivity index (χ1v) is 10.2. The lowest BCUT2D eigenvalue weighted by Crippen LogP contribution is -2.21. The highest BCUT2D eigenvalue weighted by molar-refractivity contribution is 7.14. The summed E-state index contributed by atoms with van der Waals surface area (Å²) < 4.78 is 5.74. The Labute approximate surface area is 174 Å². The number of ether oxygens (including phenoxy) is 1. The molecule has 0 aliphatic heterocycles. The van der Waals surface area contributed by atoms with Crippen LogP contribution in [0, 0.1) is 0 Å². The average Bonchev–Trinajstić information content (AvgIpc) is 3.21. The van der Waals surface area contributed by atoms with Gasteiger partial charge in [-0.15, -0.1) is 11.3 Å². The maximum Gasteiger partial charge on any atom is 0.261 e. The Kier molecular flexibility index (Phi) is 7.55. The van der Waals surface area contributed by atoms with Gasteiger partial charge in [-0.2, -0.15) is 0 Å². The molecule has 0 atom stereocenters. The first-order chi connectivity index (χ1) is 14.1. The molecule has 3 aromatic rings. The highest BCUT2D eigenvalue weighted by atomic mass is 32.1. The molecule has 1 heterocycles. The lowest BCUT2D eigenvalue weighted by molar-refractivity contribution is -0.119. The van der Waals surface area contributed by atoms with E-state index in [1.807, 2.05) is 60.7 Å². The molecule has 0 aliphatic rings. The van der Waals surface area contributed by atoms with Crippen LogP contribution in [0.5, 0.6) is 0 Å². The highest BCUT2D eigenvalue weighted by Gasteiger charge is 2.09. The molecule has 29 heavy (non-hydrogen) atoms. The second-order valence-electron chi connectivity index (χ2n) is 6.65. The van der Waals surface area contributed by atoms with Gasteiger partial charge < -0.3 is 15.4 Å². The van der Waals surface area contributed by atoms with Gasteiger partial charge in [0.15, 0.2) is 0 Å². The van der Waals surface area contributed by atoms with Crippen molar-refractivity contribution in [3.63, 3.8) is 0 Å². The van der Waals surface area contributed by atoms with E-state index in [2.05, 4.69) is 10.6 Å². The second-order valence-corrected chi connectivity index (χ2v) is 7.82. The van der Waals surface area contributed by atoms with Crippen LogP contribution in [0.15, 0.2) is 66.7 Å². The van der Waals surface area contributed by atoms with Crippen molar-refractivity contribution in [2.75, 3.05) is 0 Å². The summed E-state index contributed by atoms with van der Waals surface area (Å²) >= 11 is 1.38. The van der Waals surface area contributed by atoms with Crippen molar-refractivity contribution >= 4 is 23.2 Å². The van der Waals surface area contributed by atoms with Gasteiger partial charge >= 0.3 is 0 Å². The molecule has 0 saturated carbocycles. The molecule has 0 bridgehead atoms. The summed E-state index contributed by atoms with van der Waals surface area (Å²) in [6, 6.07) is 21.8. The summed E-state index contributed by atoms with van der Waals surface area (Å²) in [5.74, 6) is -0.197. The van der Waals surface area contributed by atoms with Crippen molar-refractivity contribution in [2.24, 2.45) is 0 Å². The number of thiophene rings is 1. The van der Waals surface area contributed by atoms with Crippen LogP contribution in [0.1, 0.15) is 38.2 Å².